The molecule has 398 valence electrons. The number of carbonyl (C=O) groups excluding carboxylic acids is 8. The molecule has 20 heteroatoms. The number of carboxylic acid groups (broad SMARTS) is 1. The standard InChI is InChI=1S/C52H78N8O11S/c1-10-35(7)49(57-45(64)31-58(9)28-26-33(3)4)52(70)59(11-2)41(34(5)6)29-42(71-36(8)61)51-56-40(32-72-51)50(69)55-39(22-25-48(67)68)21-18-37-16-19-38(20-17-37)54-44(63)30-53-43(62)15-13-12-14-27-60-46(65)23-24-47(60)66/h16-17,19-20,23-24,32-35,39,41-42,49H,10-15,18,21-22,25-31H2,1-9H3,(H,53,62)(H,54,63)(H,55,69)(H,57,64)(H,67,68)/t35-,39-,41?,42+,49-/m0/s1. The lowest BCUT2D eigenvalue weighted by atomic mass is 9.92. The SMILES string of the molecule is CC[C@H](C)[C@H](NC(=O)CN(C)CCC(C)C)C(=O)N(CC)C(C[C@@H](OC(C)=O)c1nc(C(=O)N[C@H](CCC(=O)O)CCc2ccc(NC(=O)CNC(=O)CCCCCN3C(=O)C=CC3=O)cc2)cs1)C(C)C. The highest BCUT2D eigenvalue weighted by Gasteiger charge is 2.37. The molecule has 1 aliphatic rings. The minimum atomic E-state index is -1.02. The van der Waals surface area contributed by atoms with Crippen LogP contribution in [0, 0.1) is 17.8 Å². The zero-order valence-corrected chi connectivity index (χ0v) is 44.4. The number of hydrogen-bond acceptors (Lipinski definition) is 13. The molecule has 0 fully saturated rings. The molecule has 0 aliphatic carbocycles. The van der Waals surface area contributed by atoms with Crippen LogP contribution in [0.3, 0.4) is 0 Å². The fraction of sp³-hybridized carbons (Fsp3) is 0.615. The van der Waals surface area contributed by atoms with Gasteiger partial charge in [-0.3, -0.25) is 53.0 Å². The molecule has 72 heavy (non-hydrogen) atoms. The minimum Gasteiger partial charge on any atom is -0.481 e. The lowest BCUT2D eigenvalue weighted by Gasteiger charge is -2.38. The Morgan fingerprint density at radius 3 is 2.12 bits per heavy atom. The first kappa shape index (κ1) is 60.3. The Morgan fingerprint density at radius 1 is 0.847 bits per heavy atom. The Kier molecular flexibility index (Phi) is 25.8. The van der Waals surface area contributed by atoms with Crippen molar-refractivity contribution >= 4 is 70.3 Å². The molecule has 0 radical (unpaired) electrons. The van der Waals surface area contributed by atoms with Crippen LogP contribution in [0.25, 0.3) is 0 Å². The highest BCUT2D eigenvalue weighted by Crippen LogP contribution is 2.32. The van der Waals surface area contributed by atoms with E-state index in [2.05, 4.69) is 40.1 Å². The van der Waals surface area contributed by atoms with Gasteiger partial charge in [-0.15, -0.1) is 11.3 Å². The number of unbranched alkanes of at least 4 members (excludes halogenated alkanes) is 2. The summed E-state index contributed by atoms with van der Waals surface area (Å²) < 4.78 is 5.82. The summed E-state index contributed by atoms with van der Waals surface area (Å²) in [5.74, 6) is -3.74. The summed E-state index contributed by atoms with van der Waals surface area (Å²) >= 11 is 1.14. The number of hydrogen-bond donors (Lipinski definition) is 5. The van der Waals surface area contributed by atoms with E-state index in [1.54, 1.807) is 34.5 Å². The van der Waals surface area contributed by atoms with Crippen LogP contribution in [0.2, 0.25) is 0 Å². The maximum atomic E-state index is 14.4. The Bertz CT molecular complexity index is 2160. The topological polar surface area (TPSA) is 254 Å². The number of rotatable bonds is 33. The zero-order chi connectivity index (χ0) is 53.5. The molecule has 1 aromatic carbocycles. The van der Waals surface area contributed by atoms with Gasteiger partial charge < -0.3 is 36.0 Å². The summed E-state index contributed by atoms with van der Waals surface area (Å²) in [6.07, 6.45) is 6.08. The largest absolute Gasteiger partial charge is 0.481 e. The van der Waals surface area contributed by atoms with E-state index in [-0.39, 0.29) is 85.8 Å². The lowest BCUT2D eigenvalue weighted by molar-refractivity contribution is -0.149. The predicted octanol–water partition coefficient (Wildman–Crippen LogP) is 5.66. The summed E-state index contributed by atoms with van der Waals surface area (Å²) in [7, 11) is 1.89. The molecule has 0 saturated carbocycles. The lowest BCUT2D eigenvalue weighted by Crippen LogP contribution is -2.56. The van der Waals surface area contributed by atoms with E-state index in [0.29, 0.717) is 68.2 Å². The molecule has 5 atom stereocenters. The number of aromatic nitrogens is 1. The summed E-state index contributed by atoms with van der Waals surface area (Å²) in [5.41, 5.74) is 1.44. The van der Waals surface area contributed by atoms with Crippen molar-refractivity contribution in [2.75, 3.05) is 45.1 Å². The van der Waals surface area contributed by atoms with Crippen molar-refractivity contribution in [1.82, 2.24) is 35.6 Å². The third-order valence-electron chi connectivity index (χ3n) is 12.6. The van der Waals surface area contributed by atoms with Crippen LogP contribution in [0.15, 0.2) is 41.8 Å². The first-order chi connectivity index (χ1) is 34.1. The third kappa shape index (κ3) is 21.0. The number of aliphatic carboxylic acids is 1. The molecular formula is C52H78N8O11S. The van der Waals surface area contributed by atoms with Crippen LogP contribution < -0.4 is 21.3 Å². The first-order valence-corrected chi connectivity index (χ1v) is 26.1. The predicted molar refractivity (Wildman–Crippen MR) is 274 cm³/mol. The number of ether oxygens (including phenoxy) is 1. The van der Waals surface area contributed by atoms with Gasteiger partial charge in [-0.05, 0) is 94.5 Å². The molecule has 3 rings (SSSR count). The van der Waals surface area contributed by atoms with Gasteiger partial charge in [0.05, 0.1) is 13.1 Å². The number of benzene rings is 1. The molecule has 5 N–H and O–H groups in total. The van der Waals surface area contributed by atoms with Crippen LogP contribution in [-0.2, 0) is 49.5 Å². The number of carbonyl (C=O) groups is 9. The first-order valence-electron chi connectivity index (χ1n) is 25.2. The van der Waals surface area contributed by atoms with Gasteiger partial charge in [0.25, 0.3) is 17.7 Å². The molecule has 19 nitrogen and oxygen atoms in total. The fourth-order valence-electron chi connectivity index (χ4n) is 8.15. The Balaban J connectivity index is 1.61. The highest BCUT2D eigenvalue weighted by atomic mass is 32.1. The number of anilines is 1. The van der Waals surface area contributed by atoms with Crippen LogP contribution in [-0.4, -0.2) is 136 Å². The van der Waals surface area contributed by atoms with Crippen LogP contribution >= 0.6 is 11.3 Å². The fourth-order valence-corrected chi connectivity index (χ4v) is 8.99. The van der Waals surface area contributed by atoms with Gasteiger partial charge in [0.2, 0.25) is 23.6 Å². The van der Waals surface area contributed by atoms with Crippen LogP contribution in [0.4, 0.5) is 5.69 Å². The van der Waals surface area contributed by atoms with Gasteiger partial charge in [-0.1, -0.05) is 66.5 Å². The maximum absolute atomic E-state index is 14.4. The van der Waals surface area contributed by atoms with Crippen LogP contribution in [0.1, 0.15) is 147 Å². The van der Waals surface area contributed by atoms with E-state index in [1.165, 1.54) is 19.1 Å². The molecule has 1 unspecified atom stereocenters. The molecular weight excluding hydrogens is 945 g/mol. The van der Waals surface area contributed by atoms with Crippen molar-refractivity contribution in [3.8, 4) is 0 Å². The van der Waals surface area contributed by atoms with E-state index < -0.39 is 48.0 Å². The molecule has 7 amide bonds. The van der Waals surface area contributed by atoms with Crippen molar-refractivity contribution in [2.24, 2.45) is 17.8 Å². The number of thiazole rings is 1. The van der Waals surface area contributed by atoms with E-state index in [1.807, 2.05) is 46.6 Å². The van der Waals surface area contributed by atoms with Gasteiger partial charge in [0.15, 0.2) is 6.10 Å². The van der Waals surface area contributed by atoms with Crippen molar-refractivity contribution in [3.63, 3.8) is 0 Å². The van der Waals surface area contributed by atoms with Crippen molar-refractivity contribution in [2.45, 2.75) is 150 Å². The average Bonchev–Trinajstić information content (AvgIpc) is 3.95. The van der Waals surface area contributed by atoms with Crippen LogP contribution in [0.5, 0.6) is 0 Å². The number of nitrogens with one attached hydrogen (secondary N) is 4. The molecule has 1 aromatic heterocycles. The molecule has 2 heterocycles. The second kappa shape index (κ2) is 30.8. The smallest absolute Gasteiger partial charge is 0.303 e. The monoisotopic (exact) mass is 1020 g/mol. The zero-order valence-electron chi connectivity index (χ0n) is 43.6. The van der Waals surface area contributed by atoms with E-state index in [9.17, 15) is 48.3 Å². The Hall–Kier alpha value is -6.02. The van der Waals surface area contributed by atoms with Gasteiger partial charge in [0, 0.05) is 74.6 Å². The molecule has 0 spiro atoms. The molecule has 2 aromatic rings. The van der Waals surface area contributed by atoms with Gasteiger partial charge in [-0.25, -0.2) is 4.98 Å². The number of likely N-dealkylation sites (N-methyl/N-ethyl adjacent to an activating group) is 2. The van der Waals surface area contributed by atoms with E-state index in [0.717, 1.165) is 34.8 Å². The molecule has 1 aliphatic heterocycles. The highest BCUT2D eigenvalue weighted by molar-refractivity contribution is 7.09. The van der Waals surface area contributed by atoms with Crippen molar-refractivity contribution < 1.29 is 53.0 Å². The quantitative estimate of drug-likeness (QED) is 0.0329. The molecule has 0 bridgehead atoms. The van der Waals surface area contributed by atoms with E-state index in [4.69, 9.17) is 4.74 Å². The maximum Gasteiger partial charge on any atom is 0.303 e. The summed E-state index contributed by atoms with van der Waals surface area (Å²) in [4.78, 5) is 123. The van der Waals surface area contributed by atoms with Gasteiger partial charge in [-0.2, -0.15) is 0 Å². The van der Waals surface area contributed by atoms with E-state index >= 15 is 0 Å². The molecule has 0 saturated heterocycles. The number of imide groups is 1. The number of carboxylic acids is 1. The Labute approximate surface area is 428 Å². The van der Waals surface area contributed by atoms with Gasteiger partial charge >= 0.3 is 11.9 Å². The number of nitrogens with zero attached hydrogens (tertiary/aromatic N) is 4. The third-order valence-corrected chi connectivity index (χ3v) is 13.5. The number of amides is 7. The second-order valence-corrected chi connectivity index (χ2v) is 20.2. The number of esters is 1. The number of aryl methyl sites for hydroxylation is 1. The van der Waals surface area contributed by atoms with Gasteiger partial charge in [0.1, 0.15) is 16.7 Å². The summed E-state index contributed by atoms with van der Waals surface area (Å²) in [6.45, 7) is 16.6. The Morgan fingerprint density at radius 2 is 1.53 bits per heavy atom. The minimum absolute atomic E-state index is 0.0644. The average molecular weight is 1020 g/mol. The second-order valence-electron chi connectivity index (χ2n) is 19.3. The van der Waals surface area contributed by atoms with Crippen molar-refractivity contribution in [1.29, 1.82) is 0 Å². The summed E-state index contributed by atoms with van der Waals surface area (Å²) in [6, 6.07) is 5.26. The summed E-state index contributed by atoms with van der Waals surface area (Å²) in [5, 5.41) is 22.7. The van der Waals surface area contributed by atoms with Crippen molar-refractivity contribution in [3.05, 3.63) is 58.1 Å². The normalized spacial score (nSPS) is 14.5.